The van der Waals surface area contributed by atoms with Gasteiger partial charge in [-0.2, -0.15) is 0 Å². The zero-order chi connectivity index (χ0) is 18.7. The van der Waals surface area contributed by atoms with Gasteiger partial charge in [-0.05, 0) is 24.3 Å². The van der Waals surface area contributed by atoms with Crippen LogP contribution in [0.15, 0.2) is 47.4 Å². The van der Waals surface area contributed by atoms with E-state index in [0.717, 1.165) is 24.3 Å². The minimum atomic E-state index is -4.92. The Morgan fingerprint density at radius 2 is 1.68 bits per heavy atom. The van der Waals surface area contributed by atoms with Crippen LogP contribution in [0.25, 0.3) is 0 Å². The van der Waals surface area contributed by atoms with E-state index in [9.17, 15) is 21.6 Å². The Morgan fingerprint density at radius 3 is 2.28 bits per heavy atom. The van der Waals surface area contributed by atoms with Crippen LogP contribution in [-0.2, 0) is 10.0 Å². The molecule has 0 heterocycles. The predicted molar refractivity (Wildman–Crippen MR) is 83.5 cm³/mol. The minimum absolute atomic E-state index is 0.0731. The first-order valence-corrected chi connectivity index (χ1v) is 8.23. The number of hydrogen-bond donors (Lipinski definition) is 1. The fraction of sp³-hybridized carbons (Fsp3) is 0.200. The first-order chi connectivity index (χ1) is 11.6. The zero-order valence-electron chi connectivity index (χ0n) is 13.1. The second-order valence-corrected chi connectivity index (χ2v) is 6.38. The lowest BCUT2D eigenvalue weighted by atomic mass is 10.3. The molecule has 0 unspecified atom stereocenters. The van der Waals surface area contributed by atoms with Gasteiger partial charge in [-0.25, -0.2) is 8.42 Å². The van der Waals surface area contributed by atoms with E-state index >= 15 is 0 Å². The molecule has 136 valence electrons. The van der Waals surface area contributed by atoms with Crippen molar-refractivity contribution in [1.29, 1.82) is 0 Å². The Balaban J connectivity index is 2.35. The van der Waals surface area contributed by atoms with Crippen molar-refractivity contribution in [3.05, 3.63) is 42.5 Å². The van der Waals surface area contributed by atoms with Gasteiger partial charge in [0, 0.05) is 12.1 Å². The lowest BCUT2D eigenvalue weighted by Gasteiger charge is -2.14. The molecule has 0 saturated carbocycles. The van der Waals surface area contributed by atoms with Crippen LogP contribution < -0.4 is 18.9 Å². The van der Waals surface area contributed by atoms with Crippen LogP contribution in [0, 0.1) is 0 Å². The molecule has 6 nitrogen and oxygen atoms in total. The average Bonchev–Trinajstić information content (AvgIpc) is 2.53. The molecule has 0 atom stereocenters. The van der Waals surface area contributed by atoms with Gasteiger partial charge in [-0.15, -0.1) is 13.2 Å². The average molecular weight is 377 g/mol. The van der Waals surface area contributed by atoms with Crippen molar-refractivity contribution in [3.63, 3.8) is 0 Å². The van der Waals surface area contributed by atoms with Crippen LogP contribution in [0.4, 0.5) is 18.9 Å². The van der Waals surface area contributed by atoms with Gasteiger partial charge in [0.05, 0.1) is 24.8 Å². The maximum atomic E-state index is 12.4. The molecule has 2 aromatic carbocycles. The second-order valence-electron chi connectivity index (χ2n) is 4.69. The van der Waals surface area contributed by atoms with Gasteiger partial charge < -0.3 is 14.2 Å². The number of ether oxygens (including phenoxy) is 3. The summed E-state index contributed by atoms with van der Waals surface area (Å²) in [4.78, 5) is -0.404. The molecule has 0 saturated heterocycles. The quantitative estimate of drug-likeness (QED) is 0.835. The maximum Gasteiger partial charge on any atom is 0.573 e. The van der Waals surface area contributed by atoms with E-state index in [2.05, 4.69) is 9.46 Å². The Bertz CT molecular complexity index is 852. The molecular weight excluding hydrogens is 363 g/mol. The molecule has 0 aliphatic heterocycles. The van der Waals surface area contributed by atoms with Crippen LogP contribution in [-0.4, -0.2) is 29.0 Å². The summed E-state index contributed by atoms with van der Waals surface area (Å²) in [6.07, 6.45) is -4.92. The lowest BCUT2D eigenvalue weighted by Crippen LogP contribution is -2.18. The van der Waals surface area contributed by atoms with Gasteiger partial charge >= 0.3 is 6.36 Å². The fourth-order valence-corrected chi connectivity index (χ4v) is 3.03. The summed E-state index contributed by atoms with van der Waals surface area (Å²) in [5.41, 5.74) is 0.0731. The number of anilines is 1. The molecule has 0 aromatic heterocycles. The normalized spacial score (nSPS) is 11.7. The van der Waals surface area contributed by atoms with Crippen molar-refractivity contribution in [3.8, 4) is 17.2 Å². The number of benzene rings is 2. The van der Waals surface area contributed by atoms with Crippen molar-refractivity contribution < 1.29 is 35.8 Å². The third-order valence-corrected chi connectivity index (χ3v) is 4.36. The smallest absolute Gasteiger partial charge is 0.497 e. The summed E-state index contributed by atoms with van der Waals surface area (Å²) in [6, 6.07) is 8.47. The van der Waals surface area contributed by atoms with Gasteiger partial charge in [-0.3, -0.25) is 4.72 Å². The Kier molecular flexibility index (Phi) is 5.31. The van der Waals surface area contributed by atoms with E-state index in [4.69, 9.17) is 9.47 Å². The van der Waals surface area contributed by atoms with E-state index in [1.54, 1.807) is 6.07 Å². The highest BCUT2D eigenvalue weighted by molar-refractivity contribution is 7.92. The number of methoxy groups -OCH3 is 2. The van der Waals surface area contributed by atoms with Crippen LogP contribution in [0.5, 0.6) is 17.2 Å². The monoisotopic (exact) mass is 377 g/mol. The van der Waals surface area contributed by atoms with Crippen molar-refractivity contribution in [2.24, 2.45) is 0 Å². The third-order valence-electron chi connectivity index (χ3n) is 3.00. The van der Waals surface area contributed by atoms with Crippen molar-refractivity contribution >= 4 is 15.7 Å². The molecule has 2 aromatic rings. The Hall–Kier alpha value is -2.62. The Morgan fingerprint density at radius 1 is 0.960 bits per heavy atom. The molecule has 2 rings (SSSR count). The molecule has 0 bridgehead atoms. The van der Waals surface area contributed by atoms with Gasteiger partial charge in [-0.1, -0.05) is 6.07 Å². The fourth-order valence-electron chi connectivity index (χ4n) is 1.94. The van der Waals surface area contributed by atoms with Crippen LogP contribution in [0.2, 0.25) is 0 Å². The van der Waals surface area contributed by atoms with E-state index in [1.807, 2.05) is 0 Å². The topological polar surface area (TPSA) is 73.9 Å². The van der Waals surface area contributed by atoms with E-state index < -0.39 is 27.0 Å². The Labute approximate surface area is 142 Å². The number of alkyl halides is 3. The molecule has 25 heavy (non-hydrogen) atoms. The molecule has 0 spiro atoms. The van der Waals surface area contributed by atoms with E-state index in [0.29, 0.717) is 5.75 Å². The zero-order valence-corrected chi connectivity index (χ0v) is 13.9. The number of hydrogen-bond acceptors (Lipinski definition) is 5. The highest BCUT2D eigenvalue weighted by Gasteiger charge is 2.31. The first-order valence-electron chi connectivity index (χ1n) is 6.75. The first kappa shape index (κ1) is 18.7. The molecule has 0 aliphatic carbocycles. The predicted octanol–water partition coefficient (Wildman–Crippen LogP) is 3.40. The largest absolute Gasteiger partial charge is 0.573 e. The molecule has 0 radical (unpaired) electrons. The molecule has 0 amide bonds. The third kappa shape index (κ3) is 4.92. The van der Waals surface area contributed by atoms with Crippen LogP contribution >= 0.6 is 0 Å². The van der Waals surface area contributed by atoms with E-state index in [1.165, 1.54) is 26.4 Å². The summed E-state index contributed by atoms with van der Waals surface area (Å²) in [6.45, 7) is 0. The van der Waals surface area contributed by atoms with Gasteiger partial charge in [0.1, 0.15) is 17.2 Å². The summed E-state index contributed by atoms with van der Waals surface area (Å²) in [7, 11) is -1.44. The number of nitrogens with one attached hydrogen (secondary N) is 1. The molecule has 0 fully saturated rings. The minimum Gasteiger partial charge on any atom is -0.497 e. The van der Waals surface area contributed by atoms with Crippen molar-refractivity contribution in [2.75, 3.05) is 18.9 Å². The summed E-state index contributed by atoms with van der Waals surface area (Å²) < 4.78 is 77.8. The summed E-state index contributed by atoms with van der Waals surface area (Å²) in [5, 5.41) is 0. The van der Waals surface area contributed by atoms with E-state index in [-0.39, 0.29) is 11.4 Å². The molecule has 0 aliphatic rings. The van der Waals surface area contributed by atoms with Gasteiger partial charge in [0.25, 0.3) is 10.0 Å². The summed E-state index contributed by atoms with van der Waals surface area (Å²) in [5.74, 6) is -0.0623. The highest BCUT2D eigenvalue weighted by atomic mass is 32.2. The van der Waals surface area contributed by atoms with Crippen LogP contribution in [0.1, 0.15) is 0 Å². The molecule has 1 N–H and O–H groups in total. The summed E-state index contributed by atoms with van der Waals surface area (Å²) >= 11 is 0. The second kappa shape index (κ2) is 7.09. The molecule has 10 heteroatoms. The van der Waals surface area contributed by atoms with Crippen LogP contribution in [0.3, 0.4) is 0 Å². The standard InChI is InChI=1S/C15H14F3NO5S/c1-22-10-6-7-14(23-2)13(9-10)19-25(20,21)12-5-3-4-11(8-12)24-15(16,17)18/h3-9,19H,1-2H3. The van der Waals surface area contributed by atoms with Gasteiger partial charge in [0.2, 0.25) is 0 Å². The van der Waals surface area contributed by atoms with Crippen molar-refractivity contribution in [1.82, 2.24) is 0 Å². The number of halogens is 3. The maximum absolute atomic E-state index is 12.4. The molecular formula is C15H14F3NO5S. The lowest BCUT2D eigenvalue weighted by molar-refractivity contribution is -0.274. The number of sulfonamides is 1. The number of rotatable bonds is 6. The van der Waals surface area contributed by atoms with Crippen molar-refractivity contribution in [2.45, 2.75) is 11.3 Å². The SMILES string of the molecule is COc1ccc(OC)c(NS(=O)(=O)c2cccc(OC(F)(F)F)c2)c1. The van der Waals surface area contributed by atoms with Gasteiger partial charge in [0.15, 0.2) is 0 Å². The highest BCUT2D eigenvalue weighted by Crippen LogP contribution is 2.32.